The molecule has 29 heavy (non-hydrogen) atoms. The van der Waals surface area contributed by atoms with Crippen molar-refractivity contribution in [3.05, 3.63) is 65.7 Å². The van der Waals surface area contributed by atoms with E-state index in [2.05, 4.69) is 10.9 Å². The number of hydrogen-bond acceptors (Lipinski definition) is 6. The summed E-state index contributed by atoms with van der Waals surface area (Å²) in [7, 11) is 0. The second-order valence-electron chi connectivity index (χ2n) is 6.18. The zero-order valence-electron chi connectivity index (χ0n) is 15.4. The number of ketones is 1. The standard InChI is InChI=1S/C20H17N3O6/c1-12(18(26)21-22-19(27)13-7-3-2-4-8-13)29-16(24)11-23-15-10-6-5-9-14(15)17(25)20(23)28/h2-10,12H,11H2,1H3,(H,21,26)(H,22,27)/t12-/m0/s1. The molecule has 1 aliphatic heterocycles. The number of carbonyl (C=O) groups excluding carboxylic acids is 5. The number of fused-ring (bicyclic) bond motifs is 1. The number of ether oxygens (including phenoxy) is 1. The monoisotopic (exact) mass is 395 g/mol. The largest absolute Gasteiger partial charge is 0.451 e. The molecule has 0 aromatic heterocycles. The number of Topliss-reactive ketones (excluding diaryl/α,β-unsaturated/α-hetero) is 1. The second-order valence-corrected chi connectivity index (χ2v) is 6.18. The molecule has 0 spiro atoms. The highest BCUT2D eigenvalue weighted by Crippen LogP contribution is 2.28. The summed E-state index contributed by atoms with van der Waals surface area (Å²) < 4.78 is 5.00. The molecule has 2 N–H and O–H groups in total. The van der Waals surface area contributed by atoms with E-state index in [0.717, 1.165) is 4.90 Å². The maximum Gasteiger partial charge on any atom is 0.326 e. The van der Waals surface area contributed by atoms with Crippen molar-refractivity contribution in [1.82, 2.24) is 10.9 Å². The van der Waals surface area contributed by atoms with E-state index < -0.39 is 42.1 Å². The maximum atomic E-state index is 12.1. The molecule has 3 rings (SSSR count). The molecule has 1 heterocycles. The van der Waals surface area contributed by atoms with Crippen LogP contribution in [0.3, 0.4) is 0 Å². The summed E-state index contributed by atoms with van der Waals surface area (Å²) in [6.07, 6.45) is -1.23. The highest BCUT2D eigenvalue weighted by molar-refractivity contribution is 6.52. The van der Waals surface area contributed by atoms with Crippen LogP contribution in [-0.2, 0) is 19.1 Å². The molecule has 148 valence electrons. The molecule has 2 aromatic rings. The molecule has 9 heteroatoms. The highest BCUT2D eigenvalue weighted by Gasteiger charge is 2.37. The number of anilines is 1. The Hall–Kier alpha value is -4.01. The molecule has 0 saturated heterocycles. The van der Waals surface area contributed by atoms with Gasteiger partial charge < -0.3 is 4.74 Å². The van der Waals surface area contributed by atoms with Gasteiger partial charge >= 0.3 is 5.97 Å². The summed E-state index contributed by atoms with van der Waals surface area (Å²) in [5.41, 5.74) is 5.23. The summed E-state index contributed by atoms with van der Waals surface area (Å²) in [5, 5.41) is 0. The van der Waals surface area contributed by atoms with Gasteiger partial charge in [0, 0.05) is 5.56 Å². The molecule has 3 amide bonds. The van der Waals surface area contributed by atoms with E-state index in [4.69, 9.17) is 4.74 Å². The molecule has 9 nitrogen and oxygen atoms in total. The van der Waals surface area contributed by atoms with Crippen LogP contribution in [0.15, 0.2) is 54.6 Å². The summed E-state index contributed by atoms with van der Waals surface area (Å²) >= 11 is 0. The molecule has 2 aromatic carbocycles. The Labute approximate surface area is 165 Å². The van der Waals surface area contributed by atoms with Crippen LogP contribution in [0.1, 0.15) is 27.6 Å². The minimum atomic E-state index is -1.23. The third kappa shape index (κ3) is 4.29. The van der Waals surface area contributed by atoms with Crippen molar-refractivity contribution in [1.29, 1.82) is 0 Å². The lowest BCUT2D eigenvalue weighted by Crippen LogP contribution is -2.47. The van der Waals surface area contributed by atoms with Crippen LogP contribution < -0.4 is 15.8 Å². The van der Waals surface area contributed by atoms with Crippen LogP contribution in [-0.4, -0.2) is 42.1 Å². The molecular formula is C20H17N3O6. The Balaban J connectivity index is 1.53. The van der Waals surface area contributed by atoms with Crippen molar-refractivity contribution >= 4 is 35.2 Å². The SMILES string of the molecule is C[C@H](OC(=O)CN1C(=O)C(=O)c2ccccc21)C(=O)NNC(=O)c1ccccc1. The van der Waals surface area contributed by atoms with Gasteiger partial charge in [-0.2, -0.15) is 0 Å². The number of esters is 1. The zero-order valence-corrected chi connectivity index (χ0v) is 15.4. The van der Waals surface area contributed by atoms with Crippen LogP contribution in [0, 0.1) is 0 Å². The fraction of sp³-hybridized carbons (Fsp3) is 0.150. The van der Waals surface area contributed by atoms with E-state index >= 15 is 0 Å². The lowest BCUT2D eigenvalue weighted by atomic mass is 10.1. The van der Waals surface area contributed by atoms with E-state index in [1.807, 2.05) is 0 Å². The minimum Gasteiger partial charge on any atom is -0.451 e. The molecule has 1 aliphatic rings. The maximum absolute atomic E-state index is 12.1. The minimum absolute atomic E-state index is 0.208. The number of benzene rings is 2. The Morgan fingerprint density at radius 2 is 1.62 bits per heavy atom. The number of rotatable bonds is 5. The first-order valence-electron chi connectivity index (χ1n) is 8.68. The first-order valence-corrected chi connectivity index (χ1v) is 8.68. The van der Waals surface area contributed by atoms with E-state index in [1.165, 1.54) is 13.0 Å². The normalized spacial score (nSPS) is 13.5. The van der Waals surface area contributed by atoms with Crippen LogP contribution in [0.25, 0.3) is 0 Å². The number of para-hydroxylation sites is 1. The zero-order chi connectivity index (χ0) is 21.0. The smallest absolute Gasteiger partial charge is 0.326 e. The van der Waals surface area contributed by atoms with E-state index in [9.17, 15) is 24.0 Å². The van der Waals surface area contributed by atoms with Gasteiger partial charge in [0.25, 0.3) is 23.5 Å². The number of hydrazine groups is 1. The highest BCUT2D eigenvalue weighted by atomic mass is 16.5. The number of nitrogens with one attached hydrogen (secondary N) is 2. The molecular weight excluding hydrogens is 378 g/mol. The topological polar surface area (TPSA) is 122 Å². The summed E-state index contributed by atoms with van der Waals surface area (Å²) in [5.74, 6) is -3.71. The van der Waals surface area contributed by atoms with Gasteiger partial charge in [-0.3, -0.25) is 39.7 Å². The van der Waals surface area contributed by atoms with E-state index in [-0.39, 0.29) is 5.56 Å². The summed E-state index contributed by atoms with van der Waals surface area (Å²) in [6, 6.07) is 14.5. The van der Waals surface area contributed by atoms with Gasteiger partial charge in [-0.1, -0.05) is 30.3 Å². The average Bonchev–Trinajstić information content (AvgIpc) is 2.97. The predicted octanol–water partition coefficient (Wildman–Crippen LogP) is 0.609. The van der Waals surface area contributed by atoms with Crippen LogP contribution in [0.2, 0.25) is 0 Å². The third-order valence-corrected chi connectivity index (χ3v) is 4.18. The average molecular weight is 395 g/mol. The number of hydrogen-bond donors (Lipinski definition) is 2. The van der Waals surface area contributed by atoms with Gasteiger partial charge in [0.15, 0.2) is 6.10 Å². The first kappa shape index (κ1) is 19.7. The van der Waals surface area contributed by atoms with Crippen LogP contribution in [0.5, 0.6) is 0 Å². The lowest BCUT2D eigenvalue weighted by Gasteiger charge is -2.18. The Morgan fingerprint density at radius 1 is 0.966 bits per heavy atom. The quantitative estimate of drug-likeness (QED) is 0.435. The summed E-state index contributed by atoms with van der Waals surface area (Å²) in [6.45, 7) is 0.794. The number of carbonyl (C=O) groups is 5. The van der Waals surface area contributed by atoms with Crippen molar-refractivity contribution in [3.8, 4) is 0 Å². The molecule has 0 saturated carbocycles. The predicted molar refractivity (Wildman–Crippen MR) is 101 cm³/mol. The molecule has 0 aliphatic carbocycles. The Morgan fingerprint density at radius 3 is 2.34 bits per heavy atom. The molecule has 0 unspecified atom stereocenters. The third-order valence-electron chi connectivity index (χ3n) is 4.18. The van der Waals surface area contributed by atoms with Crippen LogP contribution in [0.4, 0.5) is 5.69 Å². The lowest BCUT2D eigenvalue weighted by molar-refractivity contribution is -0.154. The van der Waals surface area contributed by atoms with Crippen molar-refractivity contribution in [2.45, 2.75) is 13.0 Å². The van der Waals surface area contributed by atoms with Gasteiger partial charge in [0.2, 0.25) is 0 Å². The van der Waals surface area contributed by atoms with Crippen molar-refractivity contribution in [2.75, 3.05) is 11.4 Å². The first-order chi connectivity index (χ1) is 13.9. The van der Waals surface area contributed by atoms with Gasteiger partial charge in [-0.15, -0.1) is 0 Å². The molecule has 0 bridgehead atoms. The summed E-state index contributed by atoms with van der Waals surface area (Å²) in [4.78, 5) is 61.1. The Bertz CT molecular complexity index is 989. The van der Waals surface area contributed by atoms with E-state index in [1.54, 1.807) is 48.5 Å². The van der Waals surface area contributed by atoms with Crippen molar-refractivity contribution in [2.24, 2.45) is 0 Å². The van der Waals surface area contributed by atoms with Gasteiger partial charge in [0.1, 0.15) is 6.54 Å². The molecule has 0 radical (unpaired) electrons. The van der Waals surface area contributed by atoms with Gasteiger partial charge in [0.05, 0.1) is 11.3 Å². The van der Waals surface area contributed by atoms with E-state index in [0.29, 0.717) is 11.3 Å². The van der Waals surface area contributed by atoms with Gasteiger partial charge in [-0.25, -0.2) is 0 Å². The fourth-order valence-corrected chi connectivity index (χ4v) is 2.70. The van der Waals surface area contributed by atoms with Crippen molar-refractivity contribution in [3.63, 3.8) is 0 Å². The van der Waals surface area contributed by atoms with Crippen molar-refractivity contribution < 1.29 is 28.7 Å². The van der Waals surface area contributed by atoms with Crippen LogP contribution >= 0.6 is 0 Å². The van der Waals surface area contributed by atoms with Gasteiger partial charge in [-0.05, 0) is 31.2 Å². The fourth-order valence-electron chi connectivity index (χ4n) is 2.70. The molecule has 1 atom stereocenters. The number of amides is 3. The number of nitrogens with zero attached hydrogens (tertiary/aromatic N) is 1. The molecule has 0 fully saturated rings. The second kappa shape index (κ2) is 8.34. The Kier molecular flexibility index (Phi) is 5.68.